The Kier molecular flexibility index (Phi) is 4.43. The van der Waals surface area contributed by atoms with Crippen molar-refractivity contribution in [1.29, 1.82) is 0 Å². The molecule has 0 radical (unpaired) electrons. The number of anilines is 1. The highest BCUT2D eigenvalue weighted by Crippen LogP contribution is 2.28. The van der Waals surface area contributed by atoms with Crippen LogP contribution in [0.5, 0.6) is 0 Å². The summed E-state index contributed by atoms with van der Waals surface area (Å²) < 4.78 is 2.18. The van der Waals surface area contributed by atoms with Crippen molar-refractivity contribution < 1.29 is 4.58 Å². The van der Waals surface area contributed by atoms with Crippen LogP contribution in [0.25, 0.3) is 0 Å². The van der Waals surface area contributed by atoms with Crippen LogP contribution in [0.1, 0.15) is 24.8 Å². The third kappa shape index (κ3) is 3.19. The molecule has 1 aliphatic rings. The first-order chi connectivity index (χ1) is 9.49. The number of benzene rings is 1. The van der Waals surface area contributed by atoms with Gasteiger partial charge in [-0.05, 0) is 23.3 Å². The fourth-order valence-electron chi connectivity index (χ4n) is 2.46. The maximum Gasteiger partial charge on any atom is 0.179 e. The number of nitrogens with zero attached hydrogens (tertiary/aromatic N) is 2. The average Bonchev–Trinajstić information content (AvgIpc) is 2.46. The second kappa shape index (κ2) is 6.08. The van der Waals surface area contributed by atoms with E-state index in [9.17, 15) is 0 Å². The van der Waals surface area contributed by atoms with Gasteiger partial charge in [-0.15, -0.1) is 0 Å². The molecule has 20 heavy (non-hydrogen) atoms. The van der Waals surface area contributed by atoms with Crippen LogP contribution in [0.2, 0.25) is 0 Å². The van der Waals surface area contributed by atoms with Gasteiger partial charge in [0.15, 0.2) is 5.71 Å². The molecule has 0 fully saturated rings. The molecule has 0 saturated heterocycles. The maximum atomic E-state index is 2.35. The van der Waals surface area contributed by atoms with Crippen molar-refractivity contribution in [2.24, 2.45) is 0 Å². The van der Waals surface area contributed by atoms with Crippen molar-refractivity contribution in [3.8, 4) is 0 Å². The van der Waals surface area contributed by atoms with E-state index in [1.165, 1.54) is 22.5 Å². The summed E-state index contributed by atoms with van der Waals surface area (Å²) in [6.07, 6.45) is 7.86. The molecule has 2 nitrogen and oxygen atoms in total. The summed E-state index contributed by atoms with van der Waals surface area (Å²) >= 11 is 0. The van der Waals surface area contributed by atoms with Crippen molar-refractivity contribution in [2.75, 3.05) is 33.1 Å². The first-order valence-electron chi connectivity index (χ1n) is 7.17. The largest absolute Gasteiger partial charge is 0.378 e. The number of allylic oxidation sites excluding steroid dienone is 4. The van der Waals surface area contributed by atoms with E-state index in [2.05, 4.69) is 87.1 Å². The lowest BCUT2D eigenvalue weighted by Gasteiger charge is -2.18. The Morgan fingerprint density at radius 1 is 1.05 bits per heavy atom. The van der Waals surface area contributed by atoms with Gasteiger partial charge >= 0.3 is 0 Å². The zero-order valence-electron chi connectivity index (χ0n) is 13.2. The summed E-state index contributed by atoms with van der Waals surface area (Å²) in [4.78, 5) is 2.13. The summed E-state index contributed by atoms with van der Waals surface area (Å²) in [5.74, 6) is 0.450. The van der Waals surface area contributed by atoms with Crippen LogP contribution < -0.4 is 4.90 Å². The fourth-order valence-corrected chi connectivity index (χ4v) is 2.46. The first-order valence-corrected chi connectivity index (χ1v) is 7.17. The predicted molar refractivity (Wildman–Crippen MR) is 88.1 cm³/mol. The van der Waals surface area contributed by atoms with Crippen LogP contribution in [0, 0.1) is 0 Å². The highest BCUT2D eigenvalue weighted by molar-refractivity contribution is 5.93. The summed E-state index contributed by atoms with van der Waals surface area (Å²) in [5.41, 5.74) is 5.40. The minimum absolute atomic E-state index is 0.450. The van der Waals surface area contributed by atoms with Gasteiger partial charge in [-0.1, -0.05) is 31.2 Å². The van der Waals surface area contributed by atoms with Crippen LogP contribution in [-0.2, 0) is 0 Å². The van der Waals surface area contributed by atoms with Gasteiger partial charge in [0.2, 0.25) is 0 Å². The van der Waals surface area contributed by atoms with Crippen molar-refractivity contribution in [2.45, 2.75) is 19.3 Å². The molecule has 1 atom stereocenters. The molecule has 1 aliphatic carbocycles. The molecule has 1 aromatic rings. The molecule has 2 heteroatoms. The van der Waals surface area contributed by atoms with Gasteiger partial charge in [0.05, 0.1) is 6.42 Å². The van der Waals surface area contributed by atoms with E-state index in [0.29, 0.717) is 5.92 Å². The Morgan fingerprint density at radius 3 is 2.15 bits per heavy atom. The fraction of sp³-hybridized carbons (Fsp3) is 0.389. The monoisotopic (exact) mass is 269 g/mol. The van der Waals surface area contributed by atoms with Gasteiger partial charge in [0, 0.05) is 31.8 Å². The number of rotatable bonds is 3. The molecule has 0 aromatic heterocycles. The second-order valence-electron chi connectivity index (χ2n) is 5.83. The smallest absolute Gasteiger partial charge is 0.179 e. The van der Waals surface area contributed by atoms with Crippen LogP contribution in [0.4, 0.5) is 5.69 Å². The van der Waals surface area contributed by atoms with Gasteiger partial charge in [0.1, 0.15) is 14.1 Å². The summed E-state index contributed by atoms with van der Waals surface area (Å²) in [5, 5.41) is 0. The molecule has 1 aromatic carbocycles. The minimum Gasteiger partial charge on any atom is -0.378 e. The van der Waals surface area contributed by atoms with E-state index >= 15 is 0 Å². The SMILES string of the molecule is CC(C1=CCC(=[N+](C)C)C=C1)c1ccc(N(C)C)cc1. The number of hydrogen-bond acceptors (Lipinski definition) is 1. The third-order valence-electron chi connectivity index (χ3n) is 4.00. The number of hydrogen-bond donors (Lipinski definition) is 0. The average molecular weight is 269 g/mol. The molecule has 0 bridgehead atoms. The van der Waals surface area contributed by atoms with Crippen LogP contribution in [-0.4, -0.2) is 38.5 Å². The molecule has 0 aliphatic heterocycles. The molecule has 0 amide bonds. The highest BCUT2D eigenvalue weighted by Gasteiger charge is 2.14. The lowest BCUT2D eigenvalue weighted by atomic mass is 9.89. The zero-order chi connectivity index (χ0) is 14.7. The zero-order valence-corrected chi connectivity index (χ0v) is 13.2. The Labute approximate surface area is 122 Å². The van der Waals surface area contributed by atoms with Crippen molar-refractivity contribution in [3.05, 3.63) is 53.6 Å². The third-order valence-corrected chi connectivity index (χ3v) is 4.00. The van der Waals surface area contributed by atoms with Crippen molar-refractivity contribution in [3.63, 3.8) is 0 Å². The Balaban J connectivity index is 2.15. The van der Waals surface area contributed by atoms with E-state index < -0.39 is 0 Å². The predicted octanol–water partition coefficient (Wildman–Crippen LogP) is 3.46. The first kappa shape index (κ1) is 14.6. The molecular formula is C18H25N2+. The van der Waals surface area contributed by atoms with Gasteiger partial charge in [0.25, 0.3) is 0 Å². The molecule has 0 spiro atoms. The molecular weight excluding hydrogens is 244 g/mol. The van der Waals surface area contributed by atoms with E-state index in [1.807, 2.05) is 0 Å². The van der Waals surface area contributed by atoms with Gasteiger partial charge < -0.3 is 4.90 Å². The normalized spacial score (nSPS) is 15.8. The van der Waals surface area contributed by atoms with E-state index in [1.54, 1.807) is 0 Å². The van der Waals surface area contributed by atoms with Gasteiger partial charge in [-0.2, -0.15) is 0 Å². The topological polar surface area (TPSA) is 6.25 Å². The van der Waals surface area contributed by atoms with E-state index in [-0.39, 0.29) is 0 Å². The minimum atomic E-state index is 0.450. The summed E-state index contributed by atoms with van der Waals surface area (Å²) in [6.45, 7) is 2.28. The molecule has 0 heterocycles. The van der Waals surface area contributed by atoms with Crippen molar-refractivity contribution in [1.82, 2.24) is 0 Å². The van der Waals surface area contributed by atoms with Gasteiger partial charge in [-0.25, -0.2) is 4.58 Å². The second-order valence-corrected chi connectivity index (χ2v) is 5.83. The Morgan fingerprint density at radius 2 is 1.70 bits per heavy atom. The molecule has 0 N–H and O–H groups in total. The van der Waals surface area contributed by atoms with Crippen molar-refractivity contribution >= 4 is 11.4 Å². The quantitative estimate of drug-likeness (QED) is 0.762. The lowest BCUT2D eigenvalue weighted by Crippen LogP contribution is -2.13. The van der Waals surface area contributed by atoms with Crippen LogP contribution >= 0.6 is 0 Å². The van der Waals surface area contributed by atoms with Crippen LogP contribution in [0.3, 0.4) is 0 Å². The standard InChI is InChI=1S/C18H25N2/c1-14(15-6-10-17(11-7-15)19(2)3)16-8-12-18(13-9-16)20(4)5/h6-12,14H,13H2,1-5H3/q+1. The van der Waals surface area contributed by atoms with E-state index in [4.69, 9.17) is 0 Å². The maximum absolute atomic E-state index is 2.35. The van der Waals surface area contributed by atoms with E-state index in [0.717, 1.165) is 6.42 Å². The molecule has 1 unspecified atom stereocenters. The lowest BCUT2D eigenvalue weighted by molar-refractivity contribution is -0.464. The van der Waals surface area contributed by atoms with Crippen LogP contribution in [0.15, 0.2) is 48.1 Å². The Hall–Kier alpha value is -1.83. The summed E-state index contributed by atoms with van der Waals surface area (Å²) in [6, 6.07) is 8.85. The summed E-state index contributed by atoms with van der Waals surface area (Å²) in [7, 11) is 8.34. The Bertz CT molecular complexity index is 556. The highest BCUT2D eigenvalue weighted by atomic mass is 15.1. The molecule has 106 valence electrons. The molecule has 2 rings (SSSR count). The van der Waals surface area contributed by atoms with Gasteiger partial charge in [-0.3, -0.25) is 0 Å². The molecule has 0 saturated carbocycles.